The normalized spacial score (nSPS) is 13.9. The smallest absolute Gasteiger partial charge is 0.264 e. The van der Waals surface area contributed by atoms with E-state index in [9.17, 15) is 13.2 Å². The van der Waals surface area contributed by atoms with Crippen LogP contribution >= 0.6 is 11.6 Å². The first-order valence-electron chi connectivity index (χ1n) is 11.4. The zero-order chi connectivity index (χ0) is 24.5. The van der Waals surface area contributed by atoms with Gasteiger partial charge in [-0.25, -0.2) is 8.42 Å². The topological polar surface area (TPSA) is 66.5 Å². The quantitative estimate of drug-likeness (QED) is 0.468. The van der Waals surface area contributed by atoms with E-state index in [-0.39, 0.29) is 23.4 Å². The van der Waals surface area contributed by atoms with Crippen LogP contribution in [0.25, 0.3) is 0 Å². The molecule has 0 radical (unpaired) electrons. The monoisotopic (exact) mass is 496 g/mol. The number of aryl methyl sites for hydroxylation is 4. The number of benzene rings is 3. The highest BCUT2D eigenvalue weighted by molar-refractivity contribution is 7.92. The van der Waals surface area contributed by atoms with Gasteiger partial charge in [0.1, 0.15) is 6.54 Å². The van der Waals surface area contributed by atoms with Crippen LogP contribution in [0, 0.1) is 13.8 Å². The fourth-order valence-corrected chi connectivity index (χ4v) is 6.11. The van der Waals surface area contributed by atoms with Crippen molar-refractivity contribution < 1.29 is 13.2 Å². The molecule has 0 bridgehead atoms. The molecule has 1 N–H and O–H groups in total. The molecule has 3 aromatic rings. The van der Waals surface area contributed by atoms with Gasteiger partial charge in [-0.2, -0.15) is 0 Å². The lowest BCUT2D eigenvalue weighted by Gasteiger charge is -2.26. The number of rotatable bonds is 7. The SMILES string of the molecule is Cc1ccc(S(=O)(=O)N(CC(=O)NC(C)c2ccc3c(c2)CCC3)c2ccc(Cl)cc2C)cc1. The zero-order valence-electron chi connectivity index (χ0n) is 19.6. The molecular formula is C27H29ClN2O3S. The molecule has 0 spiro atoms. The van der Waals surface area contributed by atoms with Gasteiger partial charge in [-0.05, 0) is 92.6 Å². The molecule has 178 valence electrons. The number of sulfonamides is 1. The van der Waals surface area contributed by atoms with Crippen LogP contribution in [0.5, 0.6) is 0 Å². The molecule has 1 aliphatic carbocycles. The largest absolute Gasteiger partial charge is 0.348 e. The summed E-state index contributed by atoms with van der Waals surface area (Å²) < 4.78 is 28.4. The average molecular weight is 497 g/mol. The minimum Gasteiger partial charge on any atom is -0.348 e. The van der Waals surface area contributed by atoms with Gasteiger partial charge >= 0.3 is 0 Å². The van der Waals surface area contributed by atoms with E-state index in [0.717, 1.165) is 34.7 Å². The van der Waals surface area contributed by atoms with Crippen molar-refractivity contribution in [2.24, 2.45) is 0 Å². The molecule has 34 heavy (non-hydrogen) atoms. The van der Waals surface area contributed by atoms with Gasteiger partial charge in [0.25, 0.3) is 10.0 Å². The van der Waals surface area contributed by atoms with Crippen LogP contribution in [0.2, 0.25) is 5.02 Å². The Hall–Kier alpha value is -2.83. The predicted octanol–water partition coefficient (Wildman–Crippen LogP) is 5.52. The predicted molar refractivity (Wildman–Crippen MR) is 137 cm³/mol. The third-order valence-electron chi connectivity index (χ3n) is 6.32. The Morgan fingerprint density at radius 3 is 2.41 bits per heavy atom. The molecule has 0 aliphatic heterocycles. The van der Waals surface area contributed by atoms with Crippen LogP contribution in [-0.2, 0) is 27.7 Å². The Kier molecular flexibility index (Phi) is 7.01. The summed E-state index contributed by atoms with van der Waals surface area (Å²) in [6.45, 7) is 5.25. The van der Waals surface area contributed by atoms with Crippen molar-refractivity contribution in [2.75, 3.05) is 10.8 Å². The van der Waals surface area contributed by atoms with E-state index in [1.165, 1.54) is 11.1 Å². The van der Waals surface area contributed by atoms with Crippen molar-refractivity contribution >= 4 is 33.2 Å². The molecule has 4 rings (SSSR count). The fourth-order valence-electron chi connectivity index (χ4n) is 4.40. The number of amides is 1. The molecule has 1 aliphatic rings. The van der Waals surface area contributed by atoms with Crippen LogP contribution in [-0.4, -0.2) is 20.9 Å². The second-order valence-corrected chi connectivity index (χ2v) is 11.2. The lowest BCUT2D eigenvalue weighted by Crippen LogP contribution is -2.42. The fraction of sp³-hybridized carbons (Fsp3) is 0.296. The number of nitrogens with zero attached hydrogens (tertiary/aromatic N) is 1. The van der Waals surface area contributed by atoms with Crippen LogP contribution in [0.1, 0.15) is 47.2 Å². The summed E-state index contributed by atoms with van der Waals surface area (Å²) in [7, 11) is -3.98. The number of nitrogens with one attached hydrogen (secondary N) is 1. The Balaban J connectivity index is 1.61. The van der Waals surface area contributed by atoms with Gasteiger partial charge in [-0.1, -0.05) is 47.5 Å². The summed E-state index contributed by atoms with van der Waals surface area (Å²) in [6, 6.07) is 17.7. The molecule has 0 fully saturated rings. The zero-order valence-corrected chi connectivity index (χ0v) is 21.2. The number of halogens is 1. The number of fused-ring (bicyclic) bond motifs is 1. The summed E-state index contributed by atoms with van der Waals surface area (Å²) in [5, 5.41) is 3.48. The Morgan fingerprint density at radius 2 is 1.71 bits per heavy atom. The van der Waals surface area contributed by atoms with Gasteiger partial charge in [-0.3, -0.25) is 9.10 Å². The van der Waals surface area contributed by atoms with Crippen LogP contribution in [0.4, 0.5) is 5.69 Å². The summed E-state index contributed by atoms with van der Waals surface area (Å²) in [6.07, 6.45) is 3.32. The standard InChI is InChI=1S/C27H29ClN2O3S/c1-18-7-12-25(13-8-18)34(32,33)30(26-14-11-24(28)15-19(26)2)17-27(31)29-20(3)22-10-9-21-5-4-6-23(21)16-22/h7-16,20H,4-6,17H2,1-3H3,(H,29,31). The first-order chi connectivity index (χ1) is 16.1. The summed E-state index contributed by atoms with van der Waals surface area (Å²) >= 11 is 6.11. The van der Waals surface area contributed by atoms with E-state index >= 15 is 0 Å². The van der Waals surface area contributed by atoms with Gasteiger partial charge in [0, 0.05) is 5.02 Å². The van der Waals surface area contributed by atoms with E-state index in [4.69, 9.17) is 11.6 Å². The number of carbonyl (C=O) groups is 1. The van der Waals surface area contributed by atoms with Crippen LogP contribution in [0.3, 0.4) is 0 Å². The highest BCUT2D eigenvalue weighted by Gasteiger charge is 2.29. The highest BCUT2D eigenvalue weighted by Crippen LogP contribution is 2.29. The van der Waals surface area contributed by atoms with Crippen molar-refractivity contribution in [3.05, 3.63) is 93.5 Å². The molecule has 5 nitrogen and oxygen atoms in total. The van der Waals surface area contributed by atoms with E-state index in [0.29, 0.717) is 16.3 Å². The van der Waals surface area contributed by atoms with Crippen molar-refractivity contribution in [3.63, 3.8) is 0 Å². The Labute approximate surface area is 206 Å². The Morgan fingerprint density at radius 1 is 1.00 bits per heavy atom. The van der Waals surface area contributed by atoms with E-state index < -0.39 is 10.0 Å². The lowest BCUT2D eigenvalue weighted by molar-refractivity contribution is -0.120. The van der Waals surface area contributed by atoms with Gasteiger partial charge in [0.15, 0.2) is 0 Å². The van der Waals surface area contributed by atoms with Gasteiger partial charge in [-0.15, -0.1) is 0 Å². The average Bonchev–Trinajstić information content (AvgIpc) is 3.26. The molecule has 0 aromatic heterocycles. The van der Waals surface area contributed by atoms with Gasteiger partial charge < -0.3 is 5.32 Å². The Bertz CT molecular complexity index is 1320. The van der Waals surface area contributed by atoms with Crippen LogP contribution in [0.15, 0.2) is 65.6 Å². The minimum absolute atomic E-state index is 0.131. The van der Waals surface area contributed by atoms with Crippen molar-refractivity contribution in [2.45, 2.75) is 51.0 Å². The van der Waals surface area contributed by atoms with Gasteiger partial charge in [0.05, 0.1) is 16.6 Å². The second-order valence-electron chi connectivity index (χ2n) is 8.93. The maximum absolute atomic E-state index is 13.6. The number of hydrogen-bond acceptors (Lipinski definition) is 3. The number of anilines is 1. The highest BCUT2D eigenvalue weighted by atomic mass is 35.5. The summed E-state index contributed by atoms with van der Waals surface area (Å²) in [4.78, 5) is 13.2. The molecule has 0 saturated carbocycles. The molecule has 1 unspecified atom stereocenters. The molecule has 0 saturated heterocycles. The molecule has 0 heterocycles. The number of carbonyl (C=O) groups excluding carboxylic acids is 1. The third kappa shape index (κ3) is 5.13. The van der Waals surface area contributed by atoms with Crippen molar-refractivity contribution in [3.8, 4) is 0 Å². The lowest BCUT2D eigenvalue weighted by atomic mass is 10.0. The third-order valence-corrected chi connectivity index (χ3v) is 8.33. The van der Waals surface area contributed by atoms with Crippen molar-refractivity contribution in [1.82, 2.24) is 5.32 Å². The van der Waals surface area contributed by atoms with E-state index in [1.807, 2.05) is 19.9 Å². The minimum atomic E-state index is -3.98. The van der Waals surface area contributed by atoms with Crippen LogP contribution < -0.4 is 9.62 Å². The second kappa shape index (κ2) is 9.80. The van der Waals surface area contributed by atoms with Gasteiger partial charge in [0.2, 0.25) is 5.91 Å². The maximum Gasteiger partial charge on any atom is 0.264 e. The summed E-state index contributed by atoms with van der Waals surface area (Å²) in [5.74, 6) is -0.377. The molecule has 1 atom stereocenters. The maximum atomic E-state index is 13.6. The summed E-state index contributed by atoms with van der Waals surface area (Å²) in [5.41, 5.74) is 5.77. The first kappa shape index (κ1) is 24.3. The molecule has 1 amide bonds. The first-order valence-corrected chi connectivity index (χ1v) is 13.2. The number of hydrogen-bond donors (Lipinski definition) is 1. The van der Waals surface area contributed by atoms with E-state index in [2.05, 4.69) is 17.4 Å². The molecule has 3 aromatic carbocycles. The van der Waals surface area contributed by atoms with E-state index in [1.54, 1.807) is 49.4 Å². The van der Waals surface area contributed by atoms with Crippen molar-refractivity contribution in [1.29, 1.82) is 0 Å². The molecular weight excluding hydrogens is 468 g/mol. The molecule has 7 heteroatoms.